The number of sulfonamides is 1. The van der Waals surface area contributed by atoms with Gasteiger partial charge in [0, 0.05) is 0 Å². The van der Waals surface area contributed by atoms with Crippen LogP contribution in [0, 0.1) is 7.05 Å². The molecule has 0 unspecified atom stereocenters. The minimum absolute atomic E-state index is 0.0621. The molecule has 1 aromatic rings. The summed E-state index contributed by atoms with van der Waals surface area (Å²) < 4.78 is 23.3. The van der Waals surface area contributed by atoms with Crippen molar-refractivity contribution in [1.29, 1.82) is 0 Å². The molecule has 0 fully saturated rings. The summed E-state index contributed by atoms with van der Waals surface area (Å²) in [6.07, 6.45) is 0. The number of carboxylic acids is 1. The molecule has 0 spiro atoms. The van der Waals surface area contributed by atoms with Crippen molar-refractivity contribution in [2.75, 3.05) is 0 Å². The van der Waals surface area contributed by atoms with Crippen LogP contribution in [0.4, 0.5) is 0 Å². The average molecular weight is 215 g/mol. The van der Waals surface area contributed by atoms with Crippen LogP contribution in [0.15, 0.2) is 29.2 Å². The number of benzene rings is 1. The standard InChI is InChI=1S/C8H9NO4S/c1-9-14(12,13)7-4-2-3-6(5-7)8(10)11/h2-5H,1,9H2,(H,10,11). The highest BCUT2D eigenvalue weighted by Gasteiger charge is 2.14. The van der Waals surface area contributed by atoms with E-state index in [2.05, 4.69) is 7.05 Å². The SMILES string of the molecule is [CH2-][NH2+]S(=O)(=O)c1cccc(C(=O)O)c1. The fourth-order valence-electron chi connectivity index (χ4n) is 0.902. The second-order valence-electron chi connectivity index (χ2n) is 2.54. The lowest BCUT2D eigenvalue weighted by atomic mass is 10.2. The molecule has 6 heteroatoms. The smallest absolute Gasteiger partial charge is 0.335 e. The second kappa shape index (κ2) is 3.77. The van der Waals surface area contributed by atoms with E-state index >= 15 is 0 Å². The maximum Gasteiger partial charge on any atom is 0.335 e. The molecule has 14 heavy (non-hydrogen) atoms. The summed E-state index contributed by atoms with van der Waals surface area (Å²) in [6.45, 7) is 0. The van der Waals surface area contributed by atoms with E-state index in [1.807, 2.05) is 0 Å². The van der Waals surface area contributed by atoms with Crippen LogP contribution in [0.1, 0.15) is 10.4 Å². The molecular formula is C8H9NO4S. The Kier molecular flexibility index (Phi) is 2.87. The predicted molar refractivity (Wildman–Crippen MR) is 47.9 cm³/mol. The number of hydrogen-bond acceptors (Lipinski definition) is 3. The third-order valence-electron chi connectivity index (χ3n) is 1.63. The third-order valence-corrected chi connectivity index (χ3v) is 2.98. The highest BCUT2D eigenvalue weighted by molar-refractivity contribution is 7.84. The van der Waals surface area contributed by atoms with E-state index in [4.69, 9.17) is 5.11 Å². The molecular weight excluding hydrogens is 206 g/mol. The molecule has 76 valence electrons. The second-order valence-corrected chi connectivity index (χ2v) is 4.44. The first-order chi connectivity index (χ1) is 6.47. The van der Waals surface area contributed by atoms with Crippen molar-refractivity contribution in [1.82, 2.24) is 0 Å². The fraction of sp³-hybridized carbons (Fsp3) is 0. The lowest BCUT2D eigenvalue weighted by Gasteiger charge is -2.02. The summed E-state index contributed by atoms with van der Waals surface area (Å²) in [5.41, 5.74) is -0.0621. The molecule has 0 bridgehead atoms. The van der Waals surface area contributed by atoms with Crippen LogP contribution in [0.25, 0.3) is 0 Å². The Balaban J connectivity index is 3.26. The van der Waals surface area contributed by atoms with Gasteiger partial charge in [0.25, 0.3) is 10.0 Å². The van der Waals surface area contributed by atoms with Crippen LogP contribution >= 0.6 is 0 Å². The Labute approximate surface area is 81.4 Å². The first-order valence-electron chi connectivity index (χ1n) is 3.68. The van der Waals surface area contributed by atoms with Crippen molar-refractivity contribution in [3.05, 3.63) is 36.9 Å². The van der Waals surface area contributed by atoms with Crippen molar-refractivity contribution in [2.24, 2.45) is 0 Å². The Morgan fingerprint density at radius 1 is 1.43 bits per heavy atom. The number of rotatable bonds is 3. The van der Waals surface area contributed by atoms with E-state index in [0.717, 1.165) is 10.8 Å². The fourth-order valence-corrected chi connectivity index (χ4v) is 1.65. The zero-order valence-corrected chi connectivity index (χ0v) is 7.99. The molecule has 5 nitrogen and oxygen atoms in total. The lowest BCUT2D eigenvalue weighted by Crippen LogP contribution is -2.80. The van der Waals surface area contributed by atoms with Crippen LogP contribution in [-0.4, -0.2) is 19.5 Å². The Morgan fingerprint density at radius 3 is 2.57 bits per heavy atom. The molecule has 0 saturated carbocycles. The number of nitrogens with two attached hydrogens (primary N) is 1. The number of aromatic carboxylic acids is 1. The van der Waals surface area contributed by atoms with Gasteiger partial charge in [0.15, 0.2) is 0 Å². The zero-order valence-electron chi connectivity index (χ0n) is 7.17. The van der Waals surface area contributed by atoms with Crippen LogP contribution in [0.2, 0.25) is 0 Å². The van der Waals surface area contributed by atoms with Crippen molar-refractivity contribution < 1.29 is 23.0 Å². The molecule has 0 saturated heterocycles. The average Bonchev–Trinajstić information content (AvgIpc) is 2.18. The summed E-state index contributed by atoms with van der Waals surface area (Å²) in [6, 6.07) is 5.12. The summed E-state index contributed by atoms with van der Waals surface area (Å²) in [4.78, 5) is 10.5. The van der Waals surface area contributed by atoms with Gasteiger partial charge in [-0.3, -0.25) is 0 Å². The molecule has 0 heterocycles. The number of carboxylic acid groups (broad SMARTS) is 1. The van der Waals surface area contributed by atoms with Crippen molar-refractivity contribution in [3.8, 4) is 0 Å². The molecule has 0 aliphatic rings. The summed E-state index contributed by atoms with van der Waals surface area (Å²) in [5.74, 6) is -1.16. The Bertz CT molecular complexity index is 452. The van der Waals surface area contributed by atoms with Crippen LogP contribution < -0.4 is 4.72 Å². The van der Waals surface area contributed by atoms with Gasteiger partial charge in [0.2, 0.25) is 0 Å². The van der Waals surface area contributed by atoms with Gasteiger partial charge in [-0.05, 0) is 18.2 Å². The van der Waals surface area contributed by atoms with Gasteiger partial charge in [-0.15, -0.1) is 7.05 Å². The highest BCUT2D eigenvalue weighted by Crippen LogP contribution is 2.08. The molecule has 0 aliphatic carbocycles. The number of carbonyl (C=O) groups is 1. The van der Waals surface area contributed by atoms with Crippen LogP contribution in [0.5, 0.6) is 0 Å². The van der Waals surface area contributed by atoms with Gasteiger partial charge < -0.3 is 9.83 Å². The Hall–Kier alpha value is -1.40. The van der Waals surface area contributed by atoms with E-state index in [9.17, 15) is 13.2 Å². The van der Waals surface area contributed by atoms with Gasteiger partial charge in [-0.2, -0.15) is 8.42 Å². The van der Waals surface area contributed by atoms with Gasteiger partial charge in [0.1, 0.15) is 4.90 Å². The number of quaternary nitrogens is 1. The van der Waals surface area contributed by atoms with Gasteiger partial charge in [-0.25, -0.2) is 4.79 Å². The summed E-state index contributed by atoms with van der Waals surface area (Å²) >= 11 is 0. The molecule has 0 radical (unpaired) electrons. The topological polar surface area (TPSA) is 88.0 Å². The van der Waals surface area contributed by atoms with Crippen molar-refractivity contribution in [3.63, 3.8) is 0 Å². The normalized spacial score (nSPS) is 11.2. The first-order valence-corrected chi connectivity index (χ1v) is 5.23. The third kappa shape index (κ3) is 2.09. The minimum Gasteiger partial charge on any atom is -0.478 e. The lowest BCUT2D eigenvalue weighted by molar-refractivity contribution is -0.424. The van der Waals surface area contributed by atoms with Crippen LogP contribution in [-0.2, 0) is 10.0 Å². The zero-order chi connectivity index (χ0) is 10.8. The Morgan fingerprint density at radius 2 is 2.07 bits per heavy atom. The van der Waals surface area contributed by atoms with Gasteiger partial charge >= 0.3 is 5.97 Å². The van der Waals surface area contributed by atoms with Gasteiger partial charge in [0.05, 0.1) is 5.56 Å². The van der Waals surface area contributed by atoms with Crippen molar-refractivity contribution in [2.45, 2.75) is 4.90 Å². The number of hydrogen-bond donors (Lipinski definition) is 2. The maximum absolute atomic E-state index is 11.3. The highest BCUT2D eigenvalue weighted by atomic mass is 32.2. The quantitative estimate of drug-likeness (QED) is 0.661. The molecule has 0 aromatic heterocycles. The predicted octanol–water partition coefficient (Wildman–Crippen LogP) is -0.572. The molecule has 1 aromatic carbocycles. The van der Waals surface area contributed by atoms with Gasteiger partial charge in [-0.1, -0.05) is 6.07 Å². The molecule has 0 amide bonds. The van der Waals surface area contributed by atoms with Crippen molar-refractivity contribution >= 4 is 16.0 Å². The van der Waals surface area contributed by atoms with E-state index in [-0.39, 0.29) is 10.5 Å². The minimum atomic E-state index is -3.55. The maximum atomic E-state index is 11.3. The summed E-state index contributed by atoms with van der Waals surface area (Å²) in [5, 5.41) is 8.63. The monoisotopic (exact) mass is 215 g/mol. The van der Waals surface area contributed by atoms with Crippen LogP contribution in [0.3, 0.4) is 0 Å². The molecule has 0 aliphatic heterocycles. The molecule has 3 N–H and O–H groups in total. The molecule has 1 rings (SSSR count). The molecule has 0 atom stereocenters. The van der Waals surface area contributed by atoms with E-state index in [0.29, 0.717) is 0 Å². The van der Waals surface area contributed by atoms with E-state index < -0.39 is 16.0 Å². The first kappa shape index (κ1) is 10.7. The largest absolute Gasteiger partial charge is 0.478 e. The van der Waals surface area contributed by atoms with E-state index in [1.165, 1.54) is 18.2 Å². The number of primary sulfonamides is 1. The summed E-state index contributed by atoms with van der Waals surface area (Å²) in [7, 11) is -0.406. The van der Waals surface area contributed by atoms with E-state index in [1.54, 1.807) is 0 Å².